The molecule has 0 spiro atoms. The van der Waals surface area contributed by atoms with Crippen molar-refractivity contribution < 1.29 is 0 Å². The number of hydrogen-bond acceptors (Lipinski definition) is 4. The molecule has 3 heterocycles. The molecule has 4 rings (SSSR count). The van der Waals surface area contributed by atoms with Gasteiger partial charge in [0.25, 0.3) is 0 Å². The minimum Gasteiger partial charge on any atom is -0.354 e. The van der Waals surface area contributed by atoms with Crippen LogP contribution in [0.1, 0.15) is 13.3 Å². The number of aryl methyl sites for hydroxylation is 1. The van der Waals surface area contributed by atoms with Crippen LogP contribution in [0.4, 0.5) is 5.82 Å². The van der Waals surface area contributed by atoms with Gasteiger partial charge >= 0.3 is 5.69 Å². The molecule has 0 radical (unpaired) electrons. The largest absolute Gasteiger partial charge is 0.354 e. The zero-order chi connectivity index (χ0) is 17.9. The Morgan fingerprint density at radius 3 is 2.27 bits per heavy atom. The number of benzene rings is 1. The highest BCUT2D eigenvalue weighted by Gasteiger charge is 2.20. The topological polar surface area (TPSA) is 46.3 Å². The SMILES string of the molecule is CCCn1c(=O)n(CN2CCN(c3ccccn3)CC2)c2ccccc21. The van der Waals surface area contributed by atoms with Crippen molar-refractivity contribution in [1.29, 1.82) is 0 Å². The average Bonchev–Trinajstić information content (AvgIpc) is 2.96. The highest BCUT2D eigenvalue weighted by Crippen LogP contribution is 2.16. The number of pyridine rings is 1. The smallest absolute Gasteiger partial charge is 0.330 e. The van der Waals surface area contributed by atoms with Gasteiger partial charge < -0.3 is 4.90 Å². The van der Waals surface area contributed by atoms with Gasteiger partial charge in [-0.25, -0.2) is 9.78 Å². The molecule has 1 fully saturated rings. The fourth-order valence-corrected chi connectivity index (χ4v) is 3.71. The lowest BCUT2D eigenvalue weighted by Gasteiger charge is -2.35. The van der Waals surface area contributed by atoms with Crippen molar-refractivity contribution in [2.24, 2.45) is 0 Å². The van der Waals surface area contributed by atoms with E-state index in [1.807, 2.05) is 51.7 Å². The van der Waals surface area contributed by atoms with Crippen molar-refractivity contribution in [3.05, 3.63) is 59.1 Å². The zero-order valence-corrected chi connectivity index (χ0v) is 15.2. The molecule has 0 amide bonds. The van der Waals surface area contributed by atoms with Crippen LogP contribution in [0.25, 0.3) is 11.0 Å². The van der Waals surface area contributed by atoms with Gasteiger partial charge in [0.05, 0.1) is 17.7 Å². The summed E-state index contributed by atoms with van der Waals surface area (Å²) in [4.78, 5) is 22.0. The third kappa shape index (κ3) is 3.12. The van der Waals surface area contributed by atoms with E-state index >= 15 is 0 Å². The highest BCUT2D eigenvalue weighted by molar-refractivity contribution is 5.75. The molecule has 1 saturated heterocycles. The van der Waals surface area contributed by atoms with Crippen LogP contribution < -0.4 is 10.6 Å². The number of para-hydroxylation sites is 2. The summed E-state index contributed by atoms with van der Waals surface area (Å²) in [6, 6.07) is 14.1. The maximum atomic E-state index is 12.9. The molecule has 0 atom stereocenters. The molecule has 0 bridgehead atoms. The quantitative estimate of drug-likeness (QED) is 0.708. The van der Waals surface area contributed by atoms with Crippen molar-refractivity contribution in [2.45, 2.75) is 26.6 Å². The maximum absolute atomic E-state index is 12.9. The minimum absolute atomic E-state index is 0.0974. The predicted octanol–water partition coefficient (Wildman–Crippen LogP) is 2.39. The van der Waals surface area contributed by atoms with Crippen LogP contribution in [-0.4, -0.2) is 45.2 Å². The zero-order valence-electron chi connectivity index (χ0n) is 15.2. The number of anilines is 1. The third-order valence-corrected chi connectivity index (χ3v) is 5.06. The Balaban J connectivity index is 1.52. The lowest BCUT2D eigenvalue weighted by atomic mass is 10.3. The summed E-state index contributed by atoms with van der Waals surface area (Å²) in [5.74, 6) is 1.03. The summed E-state index contributed by atoms with van der Waals surface area (Å²) < 4.78 is 3.82. The number of piperazine rings is 1. The Morgan fingerprint density at radius 1 is 0.923 bits per heavy atom. The molecule has 1 aliphatic heterocycles. The Labute approximate surface area is 153 Å². The lowest BCUT2D eigenvalue weighted by molar-refractivity contribution is 0.205. The van der Waals surface area contributed by atoms with Gasteiger partial charge in [0.2, 0.25) is 0 Å². The lowest BCUT2D eigenvalue weighted by Crippen LogP contribution is -2.48. The van der Waals surface area contributed by atoms with E-state index in [-0.39, 0.29) is 5.69 Å². The van der Waals surface area contributed by atoms with E-state index in [2.05, 4.69) is 27.8 Å². The van der Waals surface area contributed by atoms with E-state index in [1.54, 1.807) is 0 Å². The first kappa shape index (κ1) is 16.8. The minimum atomic E-state index is 0.0974. The molecule has 6 heteroatoms. The second-order valence-corrected chi connectivity index (χ2v) is 6.79. The summed E-state index contributed by atoms with van der Waals surface area (Å²) in [7, 11) is 0. The third-order valence-electron chi connectivity index (χ3n) is 5.06. The van der Waals surface area contributed by atoms with Crippen molar-refractivity contribution in [3.8, 4) is 0 Å². The van der Waals surface area contributed by atoms with Crippen molar-refractivity contribution in [2.75, 3.05) is 31.1 Å². The summed E-state index contributed by atoms with van der Waals surface area (Å²) in [6.07, 6.45) is 2.79. The molecule has 2 aromatic heterocycles. The van der Waals surface area contributed by atoms with Gasteiger partial charge in [0.15, 0.2) is 0 Å². The predicted molar refractivity (Wildman–Crippen MR) is 105 cm³/mol. The number of imidazole rings is 1. The molecule has 0 N–H and O–H groups in total. The van der Waals surface area contributed by atoms with Crippen LogP contribution in [0, 0.1) is 0 Å². The molecular weight excluding hydrogens is 326 g/mol. The molecule has 3 aromatic rings. The molecule has 136 valence electrons. The van der Waals surface area contributed by atoms with Crippen LogP contribution in [0.2, 0.25) is 0 Å². The van der Waals surface area contributed by atoms with Crippen molar-refractivity contribution in [3.63, 3.8) is 0 Å². The Kier molecular flexibility index (Phi) is 4.75. The van der Waals surface area contributed by atoms with Crippen LogP contribution in [0.3, 0.4) is 0 Å². The number of hydrogen-bond donors (Lipinski definition) is 0. The molecule has 26 heavy (non-hydrogen) atoms. The van der Waals surface area contributed by atoms with Crippen molar-refractivity contribution in [1.82, 2.24) is 19.0 Å². The van der Waals surface area contributed by atoms with Crippen LogP contribution in [0.5, 0.6) is 0 Å². The second kappa shape index (κ2) is 7.33. The molecule has 1 aliphatic rings. The van der Waals surface area contributed by atoms with Crippen LogP contribution in [0.15, 0.2) is 53.5 Å². The van der Waals surface area contributed by atoms with E-state index in [4.69, 9.17) is 0 Å². The van der Waals surface area contributed by atoms with E-state index < -0.39 is 0 Å². The van der Waals surface area contributed by atoms with Gasteiger partial charge in [0.1, 0.15) is 5.82 Å². The first-order valence-electron chi connectivity index (χ1n) is 9.34. The van der Waals surface area contributed by atoms with Gasteiger partial charge in [-0.05, 0) is 30.7 Å². The van der Waals surface area contributed by atoms with E-state index in [0.29, 0.717) is 6.67 Å². The summed E-state index contributed by atoms with van der Waals surface area (Å²) in [6.45, 7) is 7.23. The molecular formula is C20H25N5O. The number of rotatable bonds is 5. The van der Waals surface area contributed by atoms with E-state index in [1.165, 1.54) is 0 Å². The Bertz CT molecular complexity index is 922. The highest BCUT2D eigenvalue weighted by atomic mass is 16.1. The molecule has 0 aliphatic carbocycles. The summed E-state index contributed by atoms with van der Waals surface area (Å²) in [5.41, 5.74) is 2.16. The first-order chi connectivity index (χ1) is 12.8. The van der Waals surface area contributed by atoms with Gasteiger partial charge in [0, 0.05) is 38.9 Å². The fourth-order valence-electron chi connectivity index (χ4n) is 3.71. The monoisotopic (exact) mass is 351 g/mol. The molecule has 1 aromatic carbocycles. The van der Waals surface area contributed by atoms with Crippen LogP contribution in [-0.2, 0) is 13.2 Å². The number of fused-ring (bicyclic) bond motifs is 1. The Hall–Kier alpha value is -2.60. The average molecular weight is 351 g/mol. The van der Waals surface area contributed by atoms with Gasteiger partial charge in [-0.15, -0.1) is 0 Å². The fraction of sp³-hybridized carbons (Fsp3) is 0.400. The van der Waals surface area contributed by atoms with E-state index in [0.717, 1.165) is 56.0 Å². The van der Waals surface area contributed by atoms with Gasteiger partial charge in [-0.1, -0.05) is 25.1 Å². The van der Waals surface area contributed by atoms with Gasteiger partial charge in [-0.2, -0.15) is 0 Å². The normalized spacial score (nSPS) is 15.7. The molecule has 0 saturated carbocycles. The first-order valence-corrected chi connectivity index (χ1v) is 9.34. The maximum Gasteiger partial charge on any atom is 0.330 e. The molecule has 6 nitrogen and oxygen atoms in total. The van der Waals surface area contributed by atoms with Gasteiger partial charge in [-0.3, -0.25) is 14.0 Å². The number of aromatic nitrogens is 3. The number of nitrogens with zero attached hydrogens (tertiary/aromatic N) is 5. The Morgan fingerprint density at radius 2 is 1.62 bits per heavy atom. The van der Waals surface area contributed by atoms with E-state index in [9.17, 15) is 4.79 Å². The summed E-state index contributed by atoms with van der Waals surface area (Å²) >= 11 is 0. The molecule has 0 unspecified atom stereocenters. The van der Waals surface area contributed by atoms with Crippen LogP contribution >= 0.6 is 0 Å². The second-order valence-electron chi connectivity index (χ2n) is 6.79. The van der Waals surface area contributed by atoms with Crippen molar-refractivity contribution >= 4 is 16.9 Å². The summed E-state index contributed by atoms with van der Waals surface area (Å²) in [5, 5.41) is 0. The standard InChI is InChI=1S/C20H25N5O/c1-2-11-24-17-7-3-4-8-18(17)25(20(24)26)16-22-12-14-23(15-13-22)19-9-5-6-10-21-19/h3-10H,2,11-16H2,1H3.